The minimum Gasteiger partial charge on any atom is -0.478 e. The summed E-state index contributed by atoms with van der Waals surface area (Å²) >= 11 is 5.85. The number of morpholine rings is 1. The van der Waals surface area contributed by atoms with Gasteiger partial charge in [0.05, 0.1) is 42.2 Å². The highest BCUT2D eigenvalue weighted by Crippen LogP contribution is 2.41. The van der Waals surface area contributed by atoms with E-state index in [-0.39, 0.29) is 17.6 Å². The second-order valence-corrected chi connectivity index (χ2v) is 9.64. The lowest BCUT2D eigenvalue weighted by atomic mass is 9.96. The molecule has 2 N–H and O–H groups in total. The first-order chi connectivity index (χ1) is 17.5. The number of pyridine rings is 1. The van der Waals surface area contributed by atoms with E-state index in [1.807, 2.05) is 41.8 Å². The number of ether oxygens (including phenoxy) is 1. The molecule has 0 spiro atoms. The normalized spacial score (nSPS) is 20.5. The Labute approximate surface area is 216 Å². The van der Waals surface area contributed by atoms with Gasteiger partial charge in [-0.15, -0.1) is 0 Å². The first-order valence-electron chi connectivity index (χ1n) is 12.3. The Morgan fingerprint density at radius 2 is 1.89 bits per heavy atom. The SMILES string of the molecule is Cc1cc([C@H]2[C@@H](c3ccccn3)NC(=S)N2CCN2CCOCC2)c(C)n1-c1ccccc1C(=O)O. The van der Waals surface area contributed by atoms with Crippen molar-refractivity contribution in [1.29, 1.82) is 0 Å². The minimum absolute atomic E-state index is 0.0784. The molecule has 8 nitrogen and oxygen atoms in total. The molecule has 0 radical (unpaired) electrons. The summed E-state index contributed by atoms with van der Waals surface area (Å²) in [5.41, 5.74) is 4.94. The predicted molar refractivity (Wildman–Crippen MR) is 142 cm³/mol. The van der Waals surface area contributed by atoms with E-state index in [1.165, 1.54) is 0 Å². The summed E-state index contributed by atoms with van der Waals surface area (Å²) in [6.45, 7) is 9.08. The van der Waals surface area contributed by atoms with Crippen LogP contribution in [0.4, 0.5) is 0 Å². The van der Waals surface area contributed by atoms with Crippen LogP contribution in [0, 0.1) is 13.8 Å². The number of aromatic nitrogens is 2. The number of aromatic carboxylic acids is 1. The third-order valence-corrected chi connectivity index (χ3v) is 7.48. The van der Waals surface area contributed by atoms with E-state index >= 15 is 0 Å². The Morgan fingerprint density at radius 3 is 2.61 bits per heavy atom. The van der Waals surface area contributed by atoms with Crippen molar-refractivity contribution < 1.29 is 14.6 Å². The van der Waals surface area contributed by atoms with Crippen molar-refractivity contribution in [3.63, 3.8) is 0 Å². The van der Waals surface area contributed by atoms with E-state index in [4.69, 9.17) is 17.0 Å². The number of carbonyl (C=O) groups is 1. The van der Waals surface area contributed by atoms with Gasteiger partial charge in [-0.2, -0.15) is 0 Å². The summed E-state index contributed by atoms with van der Waals surface area (Å²) in [7, 11) is 0. The number of nitrogens with one attached hydrogen (secondary N) is 1. The molecule has 2 aliphatic heterocycles. The van der Waals surface area contributed by atoms with Crippen molar-refractivity contribution in [1.82, 2.24) is 24.7 Å². The van der Waals surface area contributed by atoms with Crippen LogP contribution < -0.4 is 5.32 Å². The summed E-state index contributed by atoms with van der Waals surface area (Å²) in [5.74, 6) is -0.943. The van der Waals surface area contributed by atoms with Gasteiger partial charge < -0.3 is 24.6 Å². The van der Waals surface area contributed by atoms with E-state index in [1.54, 1.807) is 18.3 Å². The number of thiocarbonyl (C=S) groups is 1. The van der Waals surface area contributed by atoms with Crippen LogP contribution >= 0.6 is 12.2 Å². The Bertz CT molecular complexity index is 1260. The molecule has 3 aromatic rings. The van der Waals surface area contributed by atoms with Crippen LogP contribution in [0.5, 0.6) is 0 Å². The molecular weight excluding hydrogens is 474 g/mol. The van der Waals surface area contributed by atoms with Crippen LogP contribution in [0.25, 0.3) is 5.69 Å². The number of carboxylic acid groups (broad SMARTS) is 1. The summed E-state index contributed by atoms with van der Waals surface area (Å²) in [5, 5.41) is 14.1. The Balaban J connectivity index is 1.56. The van der Waals surface area contributed by atoms with Crippen LogP contribution in [0.3, 0.4) is 0 Å². The summed E-state index contributed by atoms with van der Waals surface area (Å²) in [6, 6.07) is 15.0. The molecule has 36 heavy (non-hydrogen) atoms. The third-order valence-electron chi connectivity index (χ3n) is 7.12. The molecule has 0 saturated carbocycles. The molecule has 0 bridgehead atoms. The summed E-state index contributed by atoms with van der Waals surface area (Å²) in [4.78, 5) is 21.3. The van der Waals surface area contributed by atoms with Crippen molar-refractivity contribution >= 4 is 23.3 Å². The molecule has 2 aliphatic rings. The van der Waals surface area contributed by atoms with Crippen LogP contribution in [-0.2, 0) is 4.74 Å². The summed E-state index contributed by atoms with van der Waals surface area (Å²) < 4.78 is 7.55. The molecule has 2 aromatic heterocycles. The lowest BCUT2D eigenvalue weighted by Crippen LogP contribution is -2.42. The van der Waals surface area contributed by atoms with Gasteiger partial charge >= 0.3 is 5.97 Å². The monoisotopic (exact) mass is 505 g/mol. The standard InChI is InChI=1S/C27H31N5O3S/c1-18-17-21(19(2)32(18)23-9-4-3-7-20(23)26(33)34)25-24(22-8-5-6-10-28-22)29-27(36)31(25)12-11-30-13-15-35-16-14-30/h3-10,17,24-25H,11-16H2,1-2H3,(H,29,36)(H,33,34)/t24-,25+/m1/s1. The van der Waals surface area contributed by atoms with Crippen LogP contribution in [0.15, 0.2) is 54.7 Å². The average Bonchev–Trinajstić information content (AvgIpc) is 3.38. The first-order valence-corrected chi connectivity index (χ1v) is 12.7. The van der Waals surface area contributed by atoms with Gasteiger partial charge in [0.15, 0.2) is 5.11 Å². The maximum atomic E-state index is 12.0. The molecule has 1 aromatic carbocycles. The zero-order chi connectivity index (χ0) is 25.2. The highest BCUT2D eigenvalue weighted by atomic mass is 32.1. The average molecular weight is 506 g/mol. The smallest absolute Gasteiger partial charge is 0.337 e. The molecule has 9 heteroatoms. The van der Waals surface area contributed by atoms with E-state index in [0.717, 1.165) is 62.0 Å². The fraction of sp³-hybridized carbons (Fsp3) is 0.370. The number of rotatable bonds is 7. The number of benzene rings is 1. The van der Waals surface area contributed by atoms with Crippen LogP contribution in [0.2, 0.25) is 0 Å². The van der Waals surface area contributed by atoms with Gasteiger partial charge in [0.2, 0.25) is 0 Å². The van der Waals surface area contributed by atoms with E-state index in [2.05, 4.69) is 33.1 Å². The summed E-state index contributed by atoms with van der Waals surface area (Å²) in [6.07, 6.45) is 1.81. The number of hydrogen-bond donors (Lipinski definition) is 2. The fourth-order valence-electron chi connectivity index (χ4n) is 5.37. The zero-order valence-corrected chi connectivity index (χ0v) is 21.4. The molecule has 0 amide bonds. The van der Waals surface area contributed by atoms with Gasteiger partial charge in [0.25, 0.3) is 0 Å². The number of para-hydroxylation sites is 1. The third kappa shape index (κ3) is 4.61. The molecule has 188 valence electrons. The highest BCUT2D eigenvalue weighted by Gasteiger charge is 2.41. The van der Waals surface area contributed by atoms with Gasteiger partial charge in [0, 0.05) is 43.8 Å². The van der Waals surface area contributed by atoms with Crippen molar-refractivity contribution in [2.24, 2.45) is 0 Å². The van der Waals surface area contributed by atoms with E-state index in [9.17, 15) is 9.90 Å². The first kappa shape index (κ1) is 24.4. The molecular formula is C27H31N5O3S. The van der Waals surface area contributed by atoms with Gasteiger partial charge in [-0.05, 0) is 62.0 Å². The fourth-order valence-corrected chi connectivity index (χ4v) is 5.70. The van der Waals surface area contributed by atoms with E-state index in [0.29, 0.717) is 10.8 Å². The maximum Gasteiger partial charge on any atom is 0.337 e. The zero-order valence-electron chi connectivity index (χ0n) is 20.6. The van der Waals surface area contributed by atoms with Crippen molar-refractivity contribution in [2.75, 3.05) is 39.4 Å². The molecule has 2 atom stereocenters. The quantitative estimate of drug-likeness (QED) is 0.473. The lowest BCUT2D eigenvalue weighted by molar-refractivity contribution is 0.0350. The number of hydrogen-bond acceptors (Lipinski definition) is 5. The Morgan fingerprint density at radius 1 is 1.14 bits per heavy atom. The Hall–Kier alpha value is -3.27. The van der Waals surface area contributed by atoms with Gasteiger partial charge in [0.1, 0.15) is 0 Å². The minimum atomic E-state index is -0.943. The molecule has 4 heterocycles. The molecule has 0 unspecified atom stereocenters. The number of aryl methyl sites for hydroxylation is 1. The largest absolute Gasteiger partial charge is 0.478 e. The molecule has 2 saturated heterocycles. The molecule has 0 aliphatic carbocycles. The predicted octanol–water partition coefficient (Wildman–Crippen LogP) is 3.49. The van der Waals surface area contributed by atoms with Crippen LogP contribution in [-0.4, -0.2) is 74.9 Å². The second-order valence-electron chi connectivity index (χ2n) is 9.26. The van der Waals surface area contributed by atoms with Crippen molar-refractivity contribution in [3.05, 3.63) is 82.9 Å². The highest BCUT2D eigenvalue weighted by molar-refractivity contribution is 7.80. The lowest BCUT2D eigenvalue weighted by Gasteiger charge is -2.32. The number of carboxylic acids is 1. The van der Waals surface area contributed by atoms with Crippen LogP contribution in [0.1, 0.15) is 45.1 Å². The van der Waals surface area contributed by atoms with Crippen molar-refractivity contribution in [3.8, 4) is 5.69 Å². The van der Waals surface area contributed by atoms with Gasteiger partial charge in [-0.1, -0.05) is 18.2 Å². The van der Waals surface area contributed by atoms with Gasteiger partial charge in [-0.25, -0.2) is 4.79 Å². The van der Waals surface area contributed by atoms with Crippen molar-refractivity contribution in [2.45, 2.75) is 25.9 Å². The molecule has 2 fully saturated rings. The van der Waals surface area contributed by atoms with Gasteiger partial charge in [-0.3, -0.25) is 9.88 Å². The van der Waals surface area contributed by atoms with E-state index < -0.39 is 5.97 Å². The Kier molecular flexibility index (Phi) is 7.04. The topological polar surface area (TPSA) is 82.9 Å². The molecule has 5 rings (SSSR count). The maximum absolute atomic E-state index is 12.0. The number of nitrogens with zero attached hydrogens (tertiary/aromatic N) is 4. The second kappa shape index (κ2) is 10.4.